The summed E-state index contributed by atoms with van der Waals surface area (Å²) in [5, 5.41) is 13.1. The van der Waals surface area contributed by atoms with Crippen molar-refractivity contribution in [1.29, 1.82) is 0 Å². The van der Waals surface area contributed by atoms with Gasteiger partial charge in [-0.1, -0.05) is 15.9 Å². The Balaban J connectivity index is 1.69. The Morgan fingerprint density at radius 2 is 2.05 bits per heavy atom. The van der Waals surface area contributed by atoms with Crippen molar-refractivity contribution in [2.45, 2.75) is 19.6 Å². The van der Waals surface area contributed by atoms with Gasteiger partial charge in [-0.2, -0.15) is 0 Å². The third-order valence-electron chi connectivity index (χ3n) is 3.10. The van der Waals surface area contributed by atoms with E-state index < -0.39 is 6.10 Å². The van der Waals surface area contributed by atoms with Gasteiger partial charge in [0.05, 0.1) is 0 Å². The van der Waals surface area contributed by atoms with Crippen molar-refractivity contribution in [3.63, 3.8) is 0 Å². The lowest BCUT2D eigenvalue weighted by molar-refractivity contribution is 0.106. The van der Waals surface area contributed by atoms with Gasteiger partial charge in [0, 0.05) is 30.0 Å². The molecule has 0 fully saturated rings. The molecule has 0 saturated carbocycles. The largest absolute Gasteiger partial charge is 0.491 e. The van der Waals surface area contributed by atoms with Crippen LogP contribution in [-0.4, -0.2) is 29.3 Å². The zero-order chi connectivity index (χ0) is 15.1. The van der Waals surface area contributed by atoms with Gasteiger partial charge in [0.15, 0.2) is 0 Å². The first-order chi connectivity index (χ1) is 10.1. The van der Waals surface area contributed by atoms with Gasteiger partial charge in [0.25, 0.3) is 0 Å². The molecule has 0 radical (unpaired) electrons. The van der Waals surface area contributed by atoms with Crippen LogP contribution >= 0.6 is 15.9 Å². The molecule has 2 rings (SSSR count). The molecular formula is C16H19BrN2O2. The maximum absolute atomic E-state index is 9.90. The van der Waals surface area contributed by atoms with Crippen LogP contribution in [-0.2, 0) is 6.54 Å². The number of hydrogen-bond acceptors (Lipinski definition) is 4. The van der Waals surface area contributed by atoms with E-state index in [2.05, 4.69) is 26.2 Å². The van der Waals surface area contributed by atoms with Crippen LogP contribution in [0.3, 0.4) is 0 Å². The summed E-state index contributed by atoms with van der Waals surface area (Å²) in [5.41, 5.74) is 2.33. The van der Waals surface area contributed by atoms with Gasteiger partial charge < -0.3 is 15.2 Å². The quantitative estimate of drug-likeness (QED) is 0.805. The standard InChI is InChI=1S/C16H19BrN2O2/c1-12-6-7-18-8-13(12)9-19-10-15(20)11-21-16-4-2-14(17)3-5-16/h2-8,15,19-20H,9-11H2,1H3. The van der Waals surface area contributed by atoms with Crippen LogP contribution in [0.1, 0.15) is 11.1 Å². The zero-order valence-electron chi connectivity index (χ0n) is 11.9. The van der Waals surface area contributed by atoms with E-state index in [0.717, 1.165) is 15.8 Å². The molecular weight excluding hydrogens is 332 g/mol. The Morgan fingerprint density at radius 1 is 1.29 bits per heavy atom. The van der Waals surface area contributed by atoms with Gasteiger partial charge >= 0.3 is 0 Å². The molecule has 4 nitrogen and oxygen atoms in total. The molecule has 0 bridgehead atoms. The van der Waals surface area contributed by atoms with Crippen LogP contribution in [0.2, 0.25) is 0 Å². The average molecular weight is 351 g/mol. The third kappa shape index (κ3) is 5.46. The van der Waals surface area contributed by atoms with E-state index in [1.807, 2.05) is 43.5 Å². The van der Waals surface area contributed by atoms with Crippen molar-refractivity contribution in [1.82, 2.24) is 10.3 Å². The maximum Gasteiger partial charge on any atom is 0.119 e. The van der Waals surface area contributed by atoms with Crippen LogP contribution in [0.4, 0.5) is 0 Å². The van der Waals surface area contributed by atoms with Gasteiger partial charge in [-0.25, -0.2) is 0 Å². The smallest absolute Gasteiger partial charge is 0.119 e. The second-order valence-corrected chi connectivity index (χ2v) is 5.77. The van der Waals surface area contributed by atoms with Crippen LogP contribution in [0.25, 0.3) is 0 Å². The summed E-state index contributed by atoms with van der Waals surface area (Å²) >= 11 is 3.37. The lowest BCUT2D eigenvalue weighted by Gasteiger charge is -2.14. The van der Waals surface area contributed by atoms with Crippen molar-refractivity contribution in [3.05, 3.63) is 58.3 Å². The molecule has 0 saturated heterocycles. The van der Waals surface area contributed by atoms with E-state index >= 15 is 0 Å². The summed E-state index contributed by atoms with van der Waals surface area (Å²) in [6.07, 6.45) is 3.07. The molecule has 1 aromatic carbocycles. The molecule has 1 unspecified atom stereocenters. The van der Waals surface area contributed by atoms with E-state index in [9.17, 15) is 5.11 Å². The number of rotatable bonds is 7. The predicted octanol–water partition coefficient (Wildman–Crippen LogP) is 2.68. The van der Waals surface area contributed by atoms with E-state index in [-0.39, 0.29) is 6.61 Å². The normalized spacial score (nSPS) is 12.1. The molecule has 112 valence electrons. The molecule has 0 amide bonds. The maximum atomic E-state index is 9.90. The number of aliphatic hydroxyl groups is 1. The second-order valence-electron chi connectivity index (χ2n) is 4.85. The Bertz CT molecular complexity index is 560. The van der Waals surface area contributed by atoms with Crippen LogP contribution < -0.4 is 10.1 Å². The zero-order valence-corrected chi connectivity index (χ0v) is 13.5. The highest BCUT2D eigenvalue weighted by Crippen LogP contribution is 2.16. The topological polar surface area (TPSA) is 54.4 Å². The summed E-state index contributed by atoms with van der Waals surface area (Å²) in [7, 11) is 0. The number of nitrogens with one attached hydrogen (secondary N) is 1. The number of ether oxygens (including phenoxy) is 1. The Morgan fingerprint density at radius 3 is 2.76 bits per heavy atom. The Hall–Kier alpha value is -1.43. The predicted molar refractivity (Wildman–Crippen MR) is 86.3 cm³/mol. The number of aromatic nitrogens is 1. The molecule has 1 atom stereocenters. The summed E-state index contributed by atoms with van der Waals surface area (Å²) in [6, 6.07) is 9.52. The van der Waals surface area contributed by atoms with Crippen molar-refractivity contribution in [2.75, 3.05) is 13.2 Å². The van der Waals surface area contributed by atoms with Crippen molar-refractivity contribution in [3.8, 4) is 5.75 Å². The van der Waals surface area contributed by atoms with Crippen molar-refractivity contribution in [2.24, 2.45) is 0 Å². The van der Waals surface area contributed by atoms with Gasteiger partial charge in [0.1, 0.15) is 18.5 Å². The minimum absolute atomic E-state index is 0.265. The third-order valence-corrected chi connectivity index (χ3v) is 3.63. The molecule has 1 aromatic heterocycles. The monoisotopic (exact) mass is 350 g/mol. The van der Waals surface area contributed by atoms with E-state index in [0.29, 0.717) is 13.1 Å². The fraction of sp³-hybridized carbons (Fsp3) is 0.312. The molecule has 2 N–H and O–H groups in total. The number of nitrogens with zero attached hydrogens (tertiary/aromatic N) is 1. The molecule has 5 heteroatoms. The van der Waals surface area contributed by atoms with Gasteiger partial charge in [-0.05, 0) is 48.4 Å². The van der Waals surface area contributed by atoms with E-state index in [1.165, 1.54) is 5.56 Å². The molecule has 0 spiro atoms. The van der Waals surface area contributed by atoms with Crippen molar-refractivity contribution >= 4 is 15.9 Å². The van der Waals surface area contributed by atoms with Gasteiger partial charge in [-0.3, -0.25) is 4.98 Å². The fourth-order valence-corrected chi connectivity index (χ4v) is 2.10. The highest BCUT2D eigenvalue weighted by molar-refractivity contribution is 9.10. The summed E-state index contributed by atoms with van der Waals surface area (Å²) < 4.78 is 6.53. The van der Waals surface area contributed by atoms with Crippen LogP contribution in [0.5, 0.6) is 5.75 Å². The molecule has 0 aliphatic carbocycles. The highest BCUT2D eigenvalue weighted by atomic mass is 79.9. The number of pyridine rings is 1. The minimum atomic E-state index is -0.550. The SMILES string of the molecule is Cc1ccncc1CNCC(O)COc1ccc(Br)cc1. The van der Waals surface area contributed by atoms with Gasteiger partial charge in [-0.15, -0.1) is 0 Å². The van der Waals surface area contributed by atoms with E-state index in [1.54, 1.807) is 6.20 Å². The van der Waals surface area contributed by atoms with Crippen molar-refractivity contribution < 1.29 is 9.84 Å². The second kappa shape index (κ2) is 8.12. The summed E-state index contributed by atoms with van der Waals surface area (Å²) in [6.45, 7) is 3.48. The lowest BCUT2D eigenvalue weighted by Crippen LogP contribution is -2.31. The van der Waals surface area contributed by atoms with Crippen LogP contribution in [0, 0.1) is 6.92 Å². The molecule has 2 aromatic rings. The number of hydrogen-bond donors (Lipinski definition) is 2. The Labute approximate surface area is 133 Å². The van der Waals surface area contributed by atoms with Crippen LogP contribution in [0.15, 0.2) is 47.2 Å². The first-order valence-electron chi connectivity index (χ1n) is 6.82. The van der Waals surface area contributed by atoms with E-state index in [4.69, 9.17) is 4.74 Å². The van der Waals surface area contributed by atoms with Gasteiger partial charge in [0.2, 0.25) is 0 Å². The summed E-state index contributed by atoms with van der Waals surface area (Å²) in [5.74, 6) is 0.750. The first kappa shape index (κ1) is 15.9. The summed E-state index contributed by atoms with van der Waals surface area (Å²) in [4.78, 5) is 4.10. The Kier molecular flexibility index (Phi) is 6.17. The molecule has 1 heterocycles. The minimum Gasteiger partial charge on any atom is -0.491 e. The average Bonchev–Trinajstić information content (AvgIpc) is 2.49. The highest BCUT2D eigenvalue weighted by Gasteiger charge is 2.06. The lowest BCUT2D eigenvalue weighted by atomic mass is 10.1. The number of halogens is 1. The fourth-order valence-electron chi connectivity index (χ4n) is 1.84. The molecule has 21 heavy (non-hydrogen) atoms. The molecule has 0 aliphatic rings. The molecule has 0 aliphatic heterocycles. The number of benzene rings is 1. The number of aryl methyl sites for hydroxylation is 1. The number of aliphatic hydroxyl groups excluding tert-OH is 1. The first-order valence-corrected chi connectivity index (χ1v) is 7.61.